The molecule has 17 heavy (non-hydrogen) atoms. The fourth-order valence-electron chi connectivity index (χ4n) is 1.82. The Hall–Kier alpha value is -0.860. The second-order valence-electron chi connectivity index (χ2n) is 4.94. The van der Waals surface area contributed by atoms with Crippen LogP contribution in [0.1, 0.15) is 37.8 Å². The van der Waals surface area contributed by atoms with E-state index in [-0.39, 0.29) is 0 Å². The molecule has 1 aromatic rings. The maximum atomic E-state index is 5.68. The average molecular weight is 235 g/mol. The highest BCUT2D eigenvalue weighted by Gasteiger charge is 1.97. The van der Waals surface area contributed by atoms with Gasteiger partial charge in [0.1, 0.15) is 0 Å². The minimum Gasteiger partial charge on any atom is -0.377 e. The standard InChI is InChI=1S/C15H25NO/c1-13(2)6-5-9-17-12-15-8-4-7-14(10-15)11-16-3/h4,7-8,10,13,16H,5-6,9,11-12H2,1-3H3. The summed E-state index contributed by atoms with van der Waals surface area (Å²) in [5.74, 6) is 0.776. The van der Waals surface area contributed by atoms with Gasteiger partial charge in [-0.3, -0.25) is 0 Å². The smallest absolute Gasteiger partial charge is 0.0716 e. The van der Waals surface area contributed by atoms with Crippen LogP contribution in [0.3, 0.4) is 0 Å². The van der Waals surface area contributed by atoms with Gasteiger partial charge < -0.3 is 10.1 Å². The monoisotopic (exact) mass is 235 g/mol. The molecule has 0 fully saturated rings. The van der Waals surface area contributed by atoms with Gasteiger partial charge in [-0.1, -0.05) is 38.1 Å². The number of benzene rings is 1. The molecule has 2 nitrogen and oxygen atoms in total. The highest BCUT2D eigenvalue weighted by Crippen LogP contribution is 2.08. The van der Waals surface area contributed by atoms with E-state index >= 15 is 0 Å². The molecule has 96 valence electrons. The van der Waals surface area contributed by atoms with Crippen LogP contribution in [0, 0.1) is 5.92 Å². The van der Waals surface area contributed by atoms with Crippen molar-refractivity contribution in [2.24, 2.45) is 5.92 Å². The lowest BCUT2D eigenvalue weighted by Crippen LogP contribution is -2.05. The van der Waals surface area contributed by atoms with Gasteiger partial charge in [0.05, 0.1) is 6.61 Å². The van der Waals surface area contributed by atoms with Crippen molar-refractivity contribution in [1.29, 1.82) is 0 Å². The molecule has 1 rings (SSSR count). The third-order valence-corrected chi connectivity index (χ3v) is 2.71. The molecule has 0 heterocycles. The van der Waals surface area contributed by atoms with Crippen molar-refractivity contribution in [3.63, 3.8) is 0 Å². The fraction of sp³-hybridized carbons (Fsp3) is 0.600. The molecule has 0 bridgehead atoms. The van der Waals surface area contributed by atoms with Crippen LogP contribution in [0.15, 0.2) is 24.3 Å². The first-order valence-corrected chi connectivity index (χ1v) is 6.52. The van der Waals surface area contributed by atoms with E-state index < -0.39 is 0 Å². The molecule has 0 amide bonds. The Balaban J connectivity index is 2.24. The molecular formula is C15H25NO. The van der Waals surface area contributed by atoms with E-state index in [0.717, 1.165) is 32.1 Å². The quantitative estimate of drug-likeness (QED) is 0.698. The van der Waals surface area contributed by atoms with Crippen molar-refractivity contribution in [2.75, 3.05) is 13.7 Å². The molecule has 2 heteroatoms. The van der Waals surface area contributed by atoms with Gasteiger partial charge in [0, 0.05) is 13.2 Å². The van der Waals surface area contributed by atoms with Gasteiger partial charge in [0.25, 0.3) is 0 Å². The first kappa shape index (κ1) is 14.2. The van der Waals surface area contributed by atoms with Gasteiger partial charge in [0.2, 0.25) is 0 Å². The highest BCUT2D eigenvalue weighted by molar-refractivity contribution is 5.22. The summed E-state index contributed by atoms with van der Waals surface area (Å²) in [4.78, 5) is 0. The Bertz CT molecular complexity index is 310. The van der Waals surface area contributed by atoms with Crippen LogP contribution in [0.2, 0.25) is 0 Å². The van der Waals surface area contributed by atoms with Crippen molar-refractivity contribution >= 4 is 0 Å². The molecule has 0 saturated carbocycles. The second-order valence-corrected chi connectivity index (χ2v) is 4.94. The summed E-state index contributed by atoms with van der Waals surface area (Å²) in [6.45, 7) is 7.02. The van der Waals surface area contributed by atoms with Gasteiger partial charge >= 0.3 is 0 Å². The van der Waals surface area contributed by atoms with Crippen molar-refractivity contribution < 1.29 is 4.74 Å². The number of nitrogens with one attached hydrogen (secondary N) is 1. The van der Waals surface area contributed by atoms with E-state index in [1.807, 2.05) is 7.05 Å². The van der Waals surface area contributed by atoms with Crippen LogP contribution in [0.4, 0.5) is 0 Å². The zero-order chi connectivity index (χ0) is 12.5. The summed E-state index contributed by atoms with van der Waals surface area (Å²) < 4.78 is 5.68. The molecule has 1 aromatic carbocycles. The van der Waals surface area contributed by atoms with Crippen LogP contribution in [-0.4, -0.2) is 13.7 Å². The molecule has 0 aromatic heterocycles. The predicted octanol–water partition coefficient (Wildman–Crippen LogP) is 3.36. The van der Waals surface area contributed by atoms with Crippen LogP contribution in [0.5, 0.6) is 0 Å². The summed E-state index contributed by atoms with van der Waals surface area (Å²) >= 11 is 0. The average Bonchev–Trinajstić information content (AvgIpc) is 2.29. The fourth-order valence-corrected chi connectivity index (χ4v) is 1.82. The summed E-state index contributed by atoms with van der Waals surface area (Å²) in [6.07, 6.45) is 2.41. The Morgan fingerprint density at radius 1 is 1.24 bits per heavy atom. The first-order valence-electron chi connectivity index (χ1n) is 6.52. The summed E-state index contributed by atoms with van der Waals surface area (Å²) in [7, 11) is 1.97. The number of ether oxygens (including phenoxy) is 1. The van der Waals surface area contributed by atoms with Crippen molar-refractivity contribution in [3.8, 4) is 0 Å². The topological polar surface area (TPSA) is 21.3 Å². The maximum Gasteiger partial charge on any atom is 0.0716 e. The van der Waals surface area contributed by atoms with Crippen LogP contribution >= 0.6 is 0 Å². The third kappa shape index (κ3) is 6.44. The lowest BCUT2D eigenvalue weighted by atomic mass is 10.1. The SMILES string of the molecule is CNCc1cccc(COCCCC(C)C)c1. The zero-order valence-electron chi connectivity index (χ0n) is 11.3. The Kier molecular flexibility index (Phi) is 6.90. The van der Waals surface area contributed by atoms with E-state index in [0.29, 0.717) is 0 Å². The second kappa shape index (κ2) is 8.26. The van der Waals surface area contributed by atoms with Crippen molar-refractivity contribution in [2.45, 2.75) is 39.8 Å². The van der Waals surface area contributed by atoms with Gasteiger partial charge in [-0.05, 0) is 36.9 Å². The summed E-state index contributed by atoms with van der Waals surface area (Å²) in [6, 6.07) is 8.57. The molecule has 1 N–H and O–H groups in total. The molecule has 0 spiro atoms. The van der Waals surface area contributed by atoms with E-state index in [4.69, 9.17) is 4.74 Å². The number of hydrogen-bond donors (Lipinski definition) is 1. The lowest BCUT2D eigenvalue weighted by Gasteiger charge is -2.07. The molecular weight excluding hydrogens is 210 g/mol. The Labute approximate surface area is 105 Å². The van der Waals surface area contributed by atoms with Gasteiger partial charge in [-0.25, -0.2) is 0 Å². The Morgan fingerprint density at radius 3 is 2.71 bits per heavy atom. The summed E-state index contributed by atoms with van der Waals surface area (Å²) in [5.41, 5.74) is 2.58. The molecule has 0 saturated heterocycles. The van der Waals surface area contributed by atoms with Crippen LogP contribution < -0.4 is 5.32 Å². The minimum atomic E-state index is 0.732. The van der Waals surface area contributed by atoms with Crippen LogP contribution in [-0.2, 0) is 17.9 Å². The van der Waals surface area contributed by atoms with E-state index in [9.17, 15) is 0 Å². The Morgan fingerprint density at radius 2 is 2.00 bits per heavy atom. The molecule has 0 unspecified atom stereocenters. The summed E-state index contributed by atoms with van der Waals surface area (Å²) in [5, 5.41) is 3.16. The first-order chi connectivity index (χ1) is 8.22. The number of rotatable bonds is 8. The molecule has 0 atom stereocenters. The van der Waals surface area contributed by atoms with E-state index in [1.165, 1.54) is 17.5 Å². The van der Waals surface area contributed by atoms with Crippen molar-refractivity contribution in [3.05, 3.63) is 35.4 Å². The molecule has 0 aliphatic carbocycles. The predicted molar refractivity (Wildman–Crippen MR) is 72.9 cm³/mol. The highest BCUT2D eigenvalue weighted by atomic mass is 16.5. The van der Waals surface area contributed by atoms with Crippen LogP contribution in [0.25, 0.3) is 0 Å². The lowest BCUT2D eigenvalue weighted by molar-refractivity contribution is 0.115. The third-order valence-electron chi connectivity index (χ3n) is 2.71. The van der Waals surface area contributed by atoms with E-state index in [1.54, 1.807) is 0 Å². The largest absolute Gasteiger partial charge is 0.377 e. The molecule has 0 aliphatic heterocycles. The number of hydrogen-bond acceptors (Lipinski definition) is 2. The van der Waals surface area contributed by atoms with Gasteiger partial charge in [-0.15, -0.1) is 0 Å². The van der Waals surface area contributed by atoms with Gasteiger partial charge in [0.15, 0.2) is 0 Å². The molecule has 0 aliphatic rings. The molecule has 0 radical (unpaired) electrons. The minimum absolute atomic E-state index is 0.732. The normalized spacial score (nSPS) is 11.1. The van der Waals surface area contributed by atoms with Gasteiger partial charge in [-0.2, -0.15) is 0 Å². The maximum absolute atomic E-state index is 5.68. The van der Waals surface area contributed by atoms with Crippen molar-refractivity contribution in [1.82, 2.24) is 5.32 Å². The van der Waals surface area contributed by atoms with E-state index in [2.05, 4.69) is 43.4 Å². The zero-order valence-corrected chi connectivity index (χ0v) is 11.3.